The summed E-state index contributed by atoms with van der Waals surface area (Å²) in [6.07, 6.45) is 4.54. The molecule has 0 saturated heterocycles. The van der Waals surface area contributed by atoms with E-state index < -0.39 is 0 Å². The average molecular weight is 272 g/mol. The first-order valence-electron chi connectivity index (χ1n) is 7.88. The molecule has 3 heteroatoms. The normalized spacial score (nSPS) is 20.9. The Morgan fingerprint density at radius 3 is 2.90 bits per heavy atom. The number of carbonyl (C=O) groups is 1. The van der Waals surface area contributed by atoms with E-state index in [1.165, 1.54) is 24.1 Å². The van der Waals surface area contributed by atoms with Crippen LogP contribution < -0.4 is 5.32 Å². The summed E-state index contributed by atoms with van der Waals surface area (Å²) >= 11 is 0. The molecule has 20 heavy (non-hydrogen) atoms. The molecule has 1 unspecified atom stereocenters. The maximum absolute atomic E-state index is 12.7. The van der Waals surface area contributed by atoms with Gasteiger partial charge in [-0.3, -0.25) is 4.79 Å². The molecule has 108 valence electrons. The first-order chi connectivity index (χ1) is 9.78. The van der Waals surface area contributed by atoms with E-state index in [1.54, 1.807) is 0 Å². The zero-order chi connectivity index (χ0) is 13.9. The van der Waals surface area contributed by atoms with E-state index in [4.69, 9.17) is 0 Å². The van der Waals surface area contributed by atoms with Crippen LogP contribution in [0.4, 0.5) is 5.69 Å². The third-order valence-corrected chi connectivity index (χ3v) is 4.35. The minimum atomic E-state index is 0.107. The van der Waals surface area contributed by atoms with Gasteiger partial charge in [-0.25, -0.2) is 0 Å². The van der Waals surface area contributed by atoms with Crippen LogP contribution in [0.25, 0.3) is 0 Å². The second-order valence-corrected chi connectivity index (χ2v) is 6.17. The van der Waals surface area contributed by atoms with Crippen LogP contribution in [0.2, 0.25) is 0 Å². The van der Waals surface area contributed by atoms with Gasteiger partial charge in [0.25, 0.3) is 0 Å². The number of nitrogens with zero attached hydrogens (tertiary/aromatic N) is 1. The monoisotopic (exact) mass is 272 g/mol. The van der Waals surface area contributed by atoms with Crippen LogP contribution in [-0.2, 0) is 11.2 Å². The van der Waals surface area contributed by atoms with Gasteiger partial charge in [0.05, 0.1) is 5.92 Å². The molecule has 1 saturated carbocycles. The fraction of sp³-hybridized carbons (Fsp3) is 0.588. The van der Waals surface area contributed by atoms with Gasteiger partial charge >= 0.3 is 0 Å². The van der Waals surface area contributed by atoms with Gasteiger partial charge < -0.3 is 10.2 Å². The Hall–Kier alpha value is -1.51. The van der Waals surface area contributed by atoms with Gasteiger partial charge in [-0.05, 0) is 43.2 Å². The molecule has 3 rings (SSSR count). The Morgan fingerprint density at radius 2 is 2.15 bits per heavy atom. The lowest BCUT2D eigenvalue weighted by Gasteiger charge is -2.31. The Labute approximate surface area is 121 Å². The van der Waals surface area contributed by atoms with Crippen molar-refractivity contribution in [2.45, 2.75) is 32.6 Å². The Morgan fingerprint density at radius 1 is 1.35 bits per heavy atom. The van der Waals surface area contributed by atoms with Crippen LogP contribution in [0.3, 0.4) is 0 Å². The first kappa shape index (κ1) is 13.5. The number of hydrogen-bond donors (Lipinski definition) is 1. The zero-order valence-electron chi connectivity index (χ0n) is 12.3. The molecule has 1 aromatic carbocycles. The summed E-state index contributed by atoms with van der Waals surface area (Å²) in [4.78, 5) is 14.9. The minimum absolute atomic E-state index is 0.107. The highest BCUT2D eigenvalue weighted by atomic mass is 16.2. The number of para-hydroxylation sites is 1. The van der Waals surface area contributed by atoms with Gasteiger partial charge in [0.1, 0.15) is 0 Å². The van der Waals surface area contributed by atoms with Crippen molar-refractivity contribution in [3.8, 4) is 0 Å². The average Bonchev–Trinajstić information content (AvgIpc) is 3.29. The van der Waals surface area contributed by atoms with E-state index in [0.29, 0.717) is 5.91 Å². The molecule has 0 spiro atoms. The minimum Gasteiger partial charge on any atom is -0.384 e. The van der Waals surface area contributed by atoms with Crippen molar-refractivity contribution in [3.05, 3.63) is 29.8 Å². The van der Waals surface area contributed by atoms with Crippen molar-refractivity contribution < 1.29 is 4.79 Å². The fourth-order valence-electron chi connectivity index (χ4n) is 3.05. The van der Waals surface area contributed by atoms with Crippen molar-refractivity contribution in [1.29, 1.82) is 0 Å². The number of carbonyl (C=O) groups excluding carboxylic acids is 1. The number of hydrogen-bond acceptors (Lipinski definition) is 2. The molecule has 0 bridgehead atoms. The van der Waals surface area contributed by atoms with E-state index in [9.17, 15) is 4.79 Å². The topological polar surface area (TPSA) is 32.3 Å². The van der Waals surface area contributed by atoms with Gasteiger partial charge in [0.15, 0.2) is 0 Å². The van der Waals surface area contributed by atoms with Gasteiger partial charge in [0, 0.05) is 25.3 Å². The molecule has 1 aliphatic carbocycles. The molecule has 1 fully saturated rings. The lowest BCUT2D eigenvalue weighted by atomic mass is 9.92. The maximum atomic E-state index is 12.7. The molecule has 1 amide bonds. The molecule has 1 aliphatic heterocycles. The quantitative estimate of drug-likeness (QED) is 0.894. The molecule has 0 aromatic heterocycles. The largest absolute Gasteiger partial charge is 0.384 e. The summed E-state index contributed by atoms with van der Waals surface area (Å²) in [5.41, 5.74) is 2.47. The molecule has 1 N–H and O–H groups in total. The van der Waals surface area contributed by atoms with Crippen LogP contribution in [0.1, 0.15) is 31.7 Å². The number of amides is 1. The third kappa shape index (κ3) is 2.97. The van der Waals surface area contributed by atoms with E-state index in [1.807, 2.05) is 6.07 Å². The standard InChI is InChI=1S/C17H24N2O/c1-2-9-19(12-13-7-8-13)17(20)15-10-14-5-3-4-6-16(14)18-11-15/h3-6,13,15,18H,2,7-12H2,1H3. The predicted octanol–water partition coefficient (Wildman–Crippen LogP) is 2.92. The number of anilines is 1. The van der Waals surface area contributed by atoms with Crippen molar-refractivity contribution >= 4 is 11.6 Å². The van der Waals surface area contributed by atoms with Crippen LogP contribution in [-0.4, -0.2) is 30.4 Å². The van der Waals surface area contributed by atoms with Crippen molar-refractivity contribution in [2.24, 2.45) is 11.8 Å². The SMILES string of the molecule is CCCN(CC1CC1)C(=O)C1CNc2ccccc2C1. The number of benzene rings is 1. The van der Waals surface area contributed by atoms with Crippen molar-refractivity contribution in [1.82, 2.24) is 4.90 Å². The highest BCUT2D eigenvalue weighted by Crippen LogP contribution is 2.31. The Kier molecular flexibility index (Phi) is 3.95. The third-order valence-electron chi connectivity index (χ3n) is 4.35. The number of nitrogens with one attached hydrogen (secondary N) is 1. The van der Waals surface area contributed by atoms with E-state index in [-0.39, 0.29) is 5.92 Å². The number of fused-ring (bicyclic) bond motifs is 1. The molecule has 1 heterocycles. The van der Waals surface area contributed by atoms with Gasteiger partial charge in [-0.2, -0.15) is 0 Å². The fourth-order valence-corrected chi connectivity index (χ4v) is 3.05. The lowest BCUT2D eigenvalue weighted by molar-refractivity contribution is -0.135. The van der Waals surface area contributed by atoms with Gasteiger partial charge in [-0.1, -0.05) is 25.1 Å². The zero-order valence-corrected chi connectivity index (χ0v) is 12.3. The predicted molar refractivity (Wildman–Crippen MR) is 81.7 cm³/mol. The highest BCUT2D eigenvalue weighted by Gasteiger charge is 2.31. The van der Waals surface area contributed by atoms with Crippen LogP contribution in [0.5, 0.6) is 0 Å². The first-order valence-corrected chi connectivity index (χ1v) is 7.88. The maximum Gasteiger partial charge on any atom is 0.227 e. The Bertz CT molecular complexity index is 482. The van der Waals surface area contributed by atoms with E-state index in [0.717, 1.165) is 38.4 Å². The second kappa shape index (κ2) is 5.86. The highest BCUT2D eigenvalue weighted by molar-refractivity contribution is 5.81. The summed E-state index contributed by atoms with van der Waals surface area (Å²) in [6.45, 7) is 4.82. The van der Waals surface area contributed by atoms with Crippen LogP contribution in [0, 0.1) is 11.8 Å². The molecule has 2 aliphatic rings. The summed E-state index contributed by atoms with van der Waals surface area (Å²) in [5, 5.41) is 3.41. The molecular weight excluding hydrogens is 248 g/mol. The second-order valence-electron chi connectivity index (χ2n) is 6.17. The van der Waals surface area contributed by atoms with E-state index in [2.05, 4.69) is 35.3 Å². The molecule has 0 radical (unpaired) electrons. The summed E-state index contributed by atoms with van der Waals surface area (Å²) < 4.78 is 0. The van der Waals surface area contributed by atoms with Crippen LogP contribution >= 0.6 is 0 Å². The lowest BCUT2D eigenvalue weighted by Crippen LogP contribution is -2.42. The summed E-state index contributed by atoms with van der Waals surface area (Å²) in [7, 11) is 0. The summed E-state index contributed by atoms with van der Waals surface area (Å²) in [6, 6.07) is 8.34. The van der Waals surface area contributed by atoms with Gasteiger partial charge in [-0.15, -0.1) is 0 Å². The number of rotatable bonds is 5. The summed E-state index contributed by atoms with van der Waals surface area (Å²) in [5.74, 6) is 1.23. The molecule has 1 aromatic rings. The molecule has 3 nitrogen and oxygen atoms in total. The van der Waals surface area contributed by atoms with Crippen LogP contribution in [0.15, 0.2) is 24.3 Å². The van der Waals surface area contributed by atoms with Gasteiger partial charge in [0.2, 0.25) is 5.91 Å². The Balaban J connectivity index is 1.67. The van der Waals surface area contributed by atoms with Crippen molar-refractivity contribution in [2.75, 3.05) is 25.0 Å². The molecule has 1 atom stereocenters. The molecular formula is C17H24N2O. The van der Waals surface area contributed by atoms with E-state index >= 15 is 0 Å². The van der Waals surface area contributed by atoms with Crippen molar-refractivity contribution in [3.63, 3.8) is 0 Å². The smallest absolute Gasteiger partial charge is 0.227 e.